The molecule has 0 radical (unpaired) electrons. The molecule has 3 atom stereocenters. The van der Waals surface area contributed by atoms with E-state index in [9.17, 15) is 19.4 Å². The lowest BCUT2D eigenvalue weighted by molar-refractivity contribution is -0.870. The zero-order valence-electron chi connectivity index (χ0n) is 45.2. The van der Waals surface area contributed by atoms with Gasteiger partial charge in [-0.1, -0.05) is 290 Å². The third-order valence-electron chi connectivity index (χ3n) is 13.9. The van der Waals surface area contributed by atoms with Crippen molar-refractivity contribution in [3.05, 3.63) is 0 Å². The molecule has 0 rings (SSSR count). The van der Waals surface area contributed by atoms with Crippen LogP contribution in [0, 0.1) is 0 Å². The van der Waals surface area contributed by atoms with Gasteiger partial charge in [-0.25, -0.2) is 4.57 Å². The molecule has 0 spiro atoms. The van der Waals surface area contributed by atoms with E-state index in [1.54, 1.807) is 0 Å². The van der Waals surface area contributed by atoms with Crippen LogP contribution in [0.15, 0.2) is 0 Å². The summed E-state index contributed by atoms with van der Waals surface area (Å²) in [5.74, 6) is -0.147. The molecule has 0 aliphatic rings. The molecular formula is C57H118N2O6P+. The first-order chi connectivity index (χ1) is 32.0. The summed E-state index contributed by atoms with van der Waals surface area (Å²) >= 11 is 0. The summed E-state index contributed by atoms with van der Waals surface area (Å²) in [6.07, 6.45) is 60.0. The number of phosphoric acid groups is 1. The van der Waals surface area contributed by atoms with Gasteiger partial charge in [0.15, 0.2) is 0 Å². The Morgan fingerprint density at radius 3 is 1.02 bits per heavy atom. The van der Waals surface area contributed by atoms with Crippen molar-refractivity contribution < 1.29 is 32.9 Å². The number of aliphatic hydroxyl groups excluding tert-OH is 1. The van der Waals surface area contributed by atoms with Crippen molar-refractivity contribution in [3.8, 4) is 0 Å². The first-order valence-electron chi connectivity index (χ1n) is 29.4. The van der Waals surface area contributed by atoms with E-state index >= 15 is 0 Å². The van der Waals surface area contributed by atoms with Crippen molar-refractivity contribution in [2.75, 3.05) is 40.9 Å². The summed E-state index contributed by atoms with van der Waals surface area (Å²) in [4.78, 5) is 23.0. The molecule has 66 heavy (non-hydrogen) atoms. The van der Waals surface area contributed by atoms with Gasteiger partial charge in [0.2, 0.25) is 5.91 Å². The second kappa shape index (κ2) is 49.5. The predicted octanol–water partition coefficient (Wildman–Crippen LogP) is 17.7. The van der Waals surface area contributed by atoms with Gasteiger partial charge in [-0.05, 0) is 12.8 Å². The third kappa shape index (κ3) is 51.4. The SMILES string of the molecule is CCCCCCCCCCCCCCCCCCCCCCCCCCCCCCCCCCCCCCCCCCC(=O)NC(COP(=O)(O)OCC[N+](C)(C)C)C(O)CCCCCC. The Morgan fingerprint density at radius 1 is 0.455 bits per heavy atom. The number of nitrogens with zero attached hydrogens (tertiary/aromatic N) is 1. The number of hydrogen-bond acceptors (Lipinski definition) is 5. The molecule has 3 unspecified atom stereocenters. The first-order valence-corrected chi connectivity index (χ1v) is 30.9. The summed E-state index contributed by atoms with van der Waals surface area (Å²) in [7, 11) is 1.63. The van der Waals surface area contributed by atoms with Crippen LogP contribution >= 0.6 is 7.82 Å². The fourth-order valence-corrected chi connectivity index (χ4v) is 9.96. The smallest absolute Gasteiger partial charge is 0.391 e. The maximum absolute atomic E-state index is 12.8. The highest BCUT2D eigenvalue weighted by atomic mass is 31.2. The summed E-state index contributed by atoms with van der Waals surface area (Å²) in [5, 5.41) is 13.7. The average Bonchev–Trinajstić information content (AvgIpc) is 3.28. The number of carbonyl (C=O) groups excluding carboxylic acids is 1. The lowest BCUT2D eigenvalue weighted by atomic mass is 10.0. The number of likely N-dealkylation sites (N-methyl/N-ethyl adjacent to an activating group) is 1. The van der Waals surface area contributed by atoms with Gasteiger partial charge in [-0.15, -0.1) is 0 Å². The number of unbranched alkanes of at least 4 members (excludes halogenated alkanes) is 42. The number of nitrogens with one attached hydrogen (secondary N) is 1. The molecule has 9 heteroatoms. The molecular weight excluding hydrogens is 840 g/mol. The highest BCUT2D eigenvalue weighted by molar-refractivity contribution is 7.47. The highest BCUT2D eigenvalue weighted by Crippen LogP contribution is 2.43. The minimum atomic E-state index is -4.29. The minimum Gasteiger partial charge on any atom is -0.391 e. The normalized spacial score (nSPS) is 13.9. The summed E-state index contributed by atoms with van der Waals surface area (Å²) in [6.45, 7) is 4.80. The van der Waals surface area contributed by atoms with Crippen LogP contribution in [-0.4, -0.2) is 73.4 Å². The molecule has 0 aliphatic heterocycles. The molecule has 0 aromatic rings. The van der Waals surface area contributed by atoms with Gasteiger partial charge >= 0.3 is 7.82 Å². The summed E-state index contributed by atoms with van der Waals surface area (Å²) in [5.41, 5.74) is 0. The van der Waals surface area contributed by atoms with Gasteiger partial charge in [-0.2, -0.15) is 0 Å². The highest BCUT2D eigenvalue weighted by Gasteiger charge is 2.28. The van der Waals surface area contributed by atoms with Crippen molar-refractivity contribution in [1.82, 2.24) is 5.32 Å². The Balaban J connectivity index is 3.56. The van der Waals surface area contributed by atoms with Gasteiger partial charge in [0.25, 0.3) is 0 Å². The summed E-state index contributed by atoms with van der Waals surface area (Å²) < 4.78 is 23.4. The number of phosphoric ester groups is 1. The number of quaternary nitrogens is 1. The van der Waals surface area contributed by atoms with E-state index in [0.717, 1.165) is 44.9 Å². The first kappa shape index (κ1) is 65.5. The van der Waals surface area contributed by atoms with Crippen molar-refractivity contribution in [2.24, 2.45) is 0 Å². The van der Waals surface area contributed by atoms with Crippen LogP contribution in [0.1, 0.15) is 309 Å². The van der Waals surface area contributed by atoms with Gasteiger partial charge in [0.05, 0.1) is 39.9 Å². The number of carbonyl (C=O) groups is 1. The molecule has 0 aromatic carbocycles. The van der Waals surface area contributed by atoms with Crippen molar-refractivity contribution in [2.45, 2.75) is 321 Å². The number of rotatable bonds is 55. The molecule has 0 aromatic heterocycles. The molecule has 1 amide bonds. The van der Waals surface area contributed by atoms with Crippen LogP contribution in [0.2, 0.25) is 0 Å². The third-order valence-corrected chi connectivity index (χ3v) is 14.8. The monoisotopic (exact) mass is 958 g/mol. The Labute approximate surface area is 412 Å². The zero-order chi connectivity index (χ0) is 48.5. The van der Waals surface area contributed by atoms with Crippen LogP contribution in [-0.2, 0) is 18.4 Å². The zero-order valence-corrected chi connectivity index (χ0v) is 46.1. The molecule has 0 saturated carbocycles. The predicted molar refractivity (Wildman–Crippen MR) is 286 cm³/mol. The van der Waals surface area contributed by atoms with E-state index in [2.05, 4.69) is 19.2 Å². The molecule has 3 N–H and O–H groups in total. The van der Waals surface area contributed by atoms with Gasteiger partial charge < -0.3 is 19.8 Å². The average molecular weight is 959 g/mol. The van der Waals surface area contributed by atoms with E-state index in [4.69, 9.17) is 9.05 Å². The Morgan fingerprint density at radius 2 is 0.727 bits per heavy atom. The summed E-state index contributed by atoms with van der Waals surface area (Å²) in [6, 6.07) is -0.751. The van der Waals surface area contributed by atoms with E-state index < -0.39 is 20.0 Å². The van der Waals surface area contributed by atoms with Gasteiger partial charge in [0, 0.05) is 6.42 Å². The molecule has 0 fully saturated rings. The molecule has 8 nitrogen and oxygen atoms in total. The minimum absolute atomic E-state index is 0.0771. The second-order valence-corrected chi connectivity index (χ2v) is 23.2. The Hall–Kier alpha value is -0.500. The lowest BCUT2D eigenvalue weighted by Gasteiger charge is -2.26. The van der Waals surface area contributed by atoms with E-state index in [-0.39, 0.29) is 19.1 Å². The largest absolute Gasteiger partial charge is 0.472 e. The molecule has 0 heterocycles. The second-order valence-electron chi connectivity index (χ2n) is 21.7. The quantitative estimate of drug-likeness (QED) is 0.0319. The topological polar surface area (TPSA) is 105 Å². The molecule has 0 bridgehead atoms. The maximum Gasteiger partial charge on any atom is 0.472 e. The number of aliphatic hydroxyl groups is 1. The standard InChI is InChI=1S/C57H117N2O6P/c1-6-8-10-12-13-14-15-16-17-18-19-20-21-22-23-24-25-26-27-28-29-30-31-32-33-34-35-36-37-38-39-40-41-42-43-44-45-46-47-49-51-57(61)58-55(56(60)50-48-11-9-7-2)54-65-66(62,63)64-53-52-59(3,4)5/h55-56,60H,6-54H2,1-5H3,(H-,58,61,62,63)/p+1. The van der Waals surface area contributed by atoms with Crippen LogP contribution in [0.4, 0.5) is 0 Å². The fourth-order valence-electron chi connectivity index (χ4n) is 9.23. The molecule has 0 aliphatic carbocycles. The van der Waals surface area contributed by atoms with Gasteiger partial charge in [0.1, 0.15) is 13.2 Å². The Kier molecular flexibility index (Phi) is 49.1. The number of amides is 1. The number of hydrogen-bond donors (Lipinski definition) is 3. The van der Waals surface area contributed by atoms with E-state index in [1.165, 1.54) is 238 Å². The fraction of sp³-hybridized carbons (Fsp3) is 0.982. The van der Waals surface area contributed by atoms with Crippen LogP contribution in [0.3, 0.4) is 0 Å². The van der Waals surface area contributed by atoms with Crippen molar-refractivity contribution in [1.29, 1.82) is 0 Å². The maximum atomic E-state index is 12.8. The van der Waals surface area contributed by atoms with Gasteiger partial charge in [-0.3, -0.25) is 13.8 Å². The molecule has 396 valence electrons. The van der Waals surface area contributed by atoms with Crippen LogP contribution in [0.25, 0.3) is 0 Å². The Bertz CT molecular complexity index is 1040. The van der Waals surface area contributed by atoms with E-state index in [0.29, 0.717) is 23.9 Å². The van der Waals surface area contributed by atoms with E-state index in [1.807, 2.05) is 21.1 Å². The lowest BCUT2D eigenvalue weighted by Crippen LogP contribution is -2.46. The van der Waals surface area contributed by atoms with Crippen molar-refractivity contribution in [3.63, 3.8) is 0 Å². The van der Waals surface area contributed by atoms with Crippen molar-refractivity contribution >= 4 is 13.7 Å². The molecule has 0 saturated heterocycles. The van der Waals surface area contributed by atoms with Crippen LogP contribution in [0.5, 0.6) is 0 Å². The van der Waals surface area contributed by atoms with Crippen LogP contribution < -0.4 is 5.32 Å².